The number of rotatable bonds is 12. The highest BCUT2D eigenvalue weighted by Crippen LogP contribution is 2.43. The summed E-state index contributed by atoms with van der Waals surface area (Å²) in [5.41, 5.74) is 20.5. The lowest BCUT2D eigenvalue weighted by atomic mass is 9.87. The number of H-pyrrole nitrogens is 2. The van der Waals surface area contributed by atoms with Gasteiger partial charge >= 0.3 is 0 Å². The van der Waals surface area contributed by atoms with Crippen molar-refractivity contribution in [1.29, 1.82) is 0 Å². The van der Waals surface area contributed by atoms with E-state index in [1.54, 1.807) is 0 Å². The number of nitrogens with zero attached hydrogens (tertiary/aromatic N) is 2. The molecule has 50 heavy (non-hydrogen) atoms. The van der Waals surface area contributed by atoms with Gasteiger partial charge in [-0.1, -0.05) is 93.4 Å². The van der Waals surface area contributed by atoms with Crippen molar-refractivity contribution >= 4 is 23.9 Å². The van der Waals surface area contributed by atoms with Crippen LogP contribution in [-0.2, 0) is 38.5 Å². The van der Waals surface area contributed by atoms with Crippen LogP contribution in [0, 0.1) is 0 Å². The second kappa shape index (κ2) is 15.5. The molecule has 1 aromatic carbocycles. The molecule has 0 saturated heterocycles. The van der Waals surface area contributed by atoms with Gasteiger partial charge in [-0.25, -0.2) is 4.99 Å². The molecule has 264 valence electrons. The molecule has 8 bridgehead atoms. The molecule has 2 aliphatic rings. The Morgan fingerprint density at radius 3 is 1.80 bits per heavy atom. The molecule has 0 unspecified atom stereocenters. The number of allylic oxidation sites excluding steroid dienone is 2. The van der Waals surface area contributed by atoms with Crippen molar-refractivity contribution < 1.29 is 0 Å². The van der Waals surface area contributed by atoms with Crippen LogP contribution in [0.15, 0.2) is 52.2 Å². The molecule has 0 amide bonds. The number of hydrogen-bond acceptors (Lipinski definition) is 1. The fourth-order valence-electron chi connectivity index (χ4n) is 9.23. The molecule has 0 radical (unpaired) electrons. The number of fused-ring (bicyclic) bond motifs is 7. The van der Waals surface area contributed by atoms with E-state index in [-0.39, 0.29) is 5.92 Å². The summed E-state index contributed by atoms with van der Waals surface area (Å²) in [5.74, 6) is 0.247. The number of aromatic amines is 2. The van der Waals surface area contributed by atoms with Gasteiger partial charge in [-0.2, -0.15) is 0 Å². The first-order valence-electron chi connectivity index (χ1n) is 19.9. The Hall–Kier alpha value is -4.05. The van der Waals surface area contributed by atoms with Crippen molar-refractivity contribution in [2.75, 3.05) is 0 Å². The lowest BCUT2D eigenvalue weighted by Crippen LogP contribution is -2.15. The van der Waals surface area contributed by atoms with Crippen LogP contribution in [0.4, 0.5) is 0 Å². The maximum atomic E-state index is 5.52. The quantitative estimate of drug-likeness (QED) is 0.151. The minimum absolute atomic E-state index is 0.247. The van der Waals surface area contributed by atoms with Crippen molar-refractivity contribution in [3.63, 3.8) is 0 Å². The minimum Gasteiger partial charge on any atom is -0.358 e. The van der Waals surface area contributed by atoms with Crippen molar-refractivity contribution in [2.45, 2.75) is 139 Å². The average Bonchev–Trinajstić information content (AvgIpc) is 3.86. The molecule has 4 nitrogen and oxygen atoms in total. The predicted molar refractivity (Wildman–Crippen MR) is 215 cm³/mol. The summed E-state index contributed by atoms with van der Waals surface area (Å²) in [7, 11) is 0. The molecule has 4 aromatic rings. The fraction of sp³-hybridized carbons (Fsp3) is 0.457. The molecule has 5 heterocycles. The van der Waals surface area contributed by atoms with Gasteiger partial charge in [0.2, 0.25) is 0 Å². The third-order valence-electron chi connectivity index (χ3n) is 11.5. The van der Waals surface area contributed by atoms with Gasteiger partial charge in [0.15, 0.2) is 0 Å². The van der Waals surface area contributed by atoms with Gasteiger partial charge in [-0.05, 0) is 133 Å². The number of unbranched alkanes of at least 4 members (excludes halogenated alkanes) is 1. The second-order valence-electron chi connectivity index (χ2n) is 14.0. The Morgan fingerprint density at radius 2 is 1.22 bits per heavy atom. The summed E-state index contributed by atoms with van der Waals surface area (Å²) in [6.45, 7) is 20.9. The molecule has 0 fully saturated rings. The molecular weight excluding hydrogens is 609 g/mol. The maximum Gasteiger partial charge on any atom is 0.0693 e. The molecule has 3 aromatic heterocycles. The summed E-state index contributed by atoms with van der Waals surface area (Å²) in [4.78, 5) is 13.6. The molecule has 0 saturated carbocycles. The van der Waals surface area contributed by atoms with Crippen LogP contribution >= 0.6 is 0 Å². The van der Waals surface area contributed by atoms with Crippen LogP contribution in [-0.4, -0.2) is 20.2 Å². The van der Waals surface area contributed by atoms with Gasteiger partial charge in [0.1, 0.15) is 0 Å². The van der Waals surface area contributed by atoms with Crippen LogP contribution in [0.5, 0.6) is 0 Å². The molecule has 2 N–H and O–H groups in total. The van der Waals surface area contributed by atoms with Gasteiger partial charge in [0.05, 0.1) is 17.1 Å². The molecule has 6 rings (SSSR count). The molecule has 0 spiro atoms. The lowest BCUT2D eigenvalue weighted by Gasteiger charge is -2.23. The normalized spacial score (nSPS) is 18.1. The van der Waals surface area contributed by atoms with E-state index >= 15 is 0 Å². The molecule has 2 aliphatic heterocycles. The van der Waals surface area contributed by atoms with E-state index in [4.69, 9.17) is 4.99 Å². The highest BCUT2D eigenvalue weighted by molar-refractivity contribution is 6.23. The molecule has 1 atom stereocenters. The zero-order valence-corrected chi connectivity index (χ0v) is 32.4. The third-order valence-corrected chi connectivity index (χ3v) is 11.5. The van der Waals surface area contributed by atoms with Crippen LogP contribution in [0.3, 0.4) is 0 Å². The van der Waals surface area contributed by atoms with E-state index in [0.717, 1.165) is 69.2 Å². The van der Waals surface area contributed by atoms with E-state index in [0.29, 0.717) is 0 Å². The van der Waals surface area contributed by atoms with Crippen LogP contribution in [0.25, 0.3) is 23.9 Å². The van der Waals surface area contributed by atoms with Gasteiger partial charge in [0, 0.05) is 39.4 Å². The smallest absolute Gasteiger partial charge is 0.0693 e. The first kappa shape index (κ1) is 35.8. The third kappa shape index (κ3) is 6.03. The highest BCUT2D eigenvalue weighted by Gasteiger charge is 2.32. The fourth-order valence-corrected chi connectivity index (χ4v) is 9.23. The number of nitrogens with one attached hydrogen (secondary N) is 2. The van der Waals surface area contributed by atoms with Crippen LogP contribution in [0.1, 0.15) is 156 Å². The zero-order chi connectivity index (χ0) is 35.5. The van der Waals surface area contributed by atoms with Gasteiger partial charge in [0.25, 0.3) is 0 Å². The number of para-hydroxylation sites is 1. The average molecular weight is 669 g/mol. The standard InChI is InChI=1S/C46H60N4/c1-10-19-25-38-45-36(17-8)34(15-6)42(49-45)27-41-31(12-3)30(11-2)39(47-41)26-40-32(13-4)33(14-5)43(48-40)28-44-35(16-7)37(18-9)46(38)50(44)29-23-21-20-22-24-29/h20-24,26-28,38,47,49H,10-19,25H2,1-9H3/b39-26-,41-27-,43-28-/t38-/m0/s1. The predicted octanol–water partition coefficient (Wildman–Crippen LogP) is 10.4. The van der Waals surface area contributed by atoms with Gasteiger partial charge in [-0.3, -0.25) is 0 Å². The summed E-state index contributed by atoms with van der Waals surface area (Å²) < 4.78 is 2.64. The Kier molecular flexibility index (Phi) is 11.1. The maximum absolute atomic E-state index is 5.52. The lowest BCUT2D eigenvalue weighted by molar-refractivity contribution is 0.610. The van der Waals surface area contributed by atoms with E-state index < -0.39 is 0 Å². The van der Waals surface area contributed by atoms with Crippen molar-refractivity contribution in [2.24, 2.45) is 4.99 Å². The van der Waals surface area contributed by atoms with Crippen molar-refractivity contribution in [3.05, 3.63) is 114 Å². The van der Waals surface area contributed by atoms with Crippen LogP contribution < -0.4 is 10.7 Å². The van der Waals surface area contributed by atoms with E-state index in [9.17, 15) is 0 Å². The molecule has 0 aliphatic carbocycles. The van der Waals surface area contributed by atoms with Crippen molar-refractivity contribution in [3.8, 4) is 5.69 Å². The van der Waals surface area contributed by atoms with Crippen molar-refractivity contribution in [1.82, 2.24) is 14.5 Å². The Bertz CT molecular complexity index is 2070. The number of aromatic nitrogens is 3. The Labute approximate surface area is 301 Å². The first-order chi connectivity index (χ1) is 24.4. The second-order valence-corrected chi connectivity index (χ2v) is 14.0. The summed E-state index contributed by atoms with van der Waals surface area (Å²) >= 11 is 0. The summed E-state index contributed by atoms with van der Waals surface area (Å²) in [6, 6.07) is 11.1. The topological polar surface area (TPSA) is 48.9 Å². The highest BCUT2D eigenvalue weighted by atomic mass is 15.0. The Morgan fingerprint density at radius 1 is 0.600 bits per heavy atom. The van der Waals surface area contributed by atoms with Crippen LogP contribution in [0.2, 0.25) is 0 Å². The monoisotopic (exact) mass is 668 g/mol. The van der Waals surface area contributed by atoms with E-state index in [2.05, 4.69) is 125 Å². The number of benzene rings is 1. The SMILES string of the molecule is CCCC[C@H]1c2[nH]c(c(CC)c2CC)/C=c2\[nH]/c(c(CC)c2CC)=C\C2=NC(=C\c3c(CC)c(CC)c1n3-c1ccccc1)/C(CC)=C2CC. The largest absolute Gasteiger partial charge is 0.358 e. The zero-order valence-electron chi connectivity index (χ0n) is 32.4. The van der Waals surface area contributed by atoms with E-state index in [1.165, 1.54) is 96.5 Å². The number of aliphatic imine (C=N–C) groups is 1. The number of hydrogen-bond donors (Lipinski definition) is 2. The summed E-state index contributed by atoms with van der Waals surface area (Å²) in [5, 5.41) is 2.45. The van der Waals surface area contributed by atoms with Gasteiger partial charge < -0.3 is 14.5 Å². The minimum atomic E-state index is 0.247. The van der Waals surface area contributed by atoms with Gasteiger partial charge in [-0.15, -0.1) is 0 Å². The first-order valence-corrected chi connectivity index (χ1v) is 19.9. The molecule has 4 heteroatoms. The summed E-state index contributed by atoms with van der Waals surface area (Å²) in [6.07, 6.45) is 18.6. The molecular formula is C46H60N4. The van der Waals surface area contributed by atoms with E-state index in [1.807, 2.05) is 0 Å². The Balaban J connectivity index is 1.86.